The Morgan fingerprint density at radius 2 is 1.90 bits per heavy atom. The number of aliphatic carboxylic acids is 1. The van der Waals surface area contributed by atoms with E-state index < -0.39 is 11.9 Å². The molecular formula is C16H13NO3. The Kier molecular flexibility index (Phi) is 5.07. The molecule has 0 atom stereocenters. The van der Waals surface area contributed by atoms with Crippen molar-refractivity contribution in [2.75, 3.05) is 5.32 Å². The number of anilines is 1. The van der Waals surface area contributed by atoms with Crippen molar-refractivity contribution in [3.8, 4) is 12.3 Å². The number of carboxylic acid groups (broad SMARTS) is 1. The molecule has 1 aromatic rings. The number of hydrogen-bond donors (Lipinski definition) is 2. The zero-order chi connectivity index (χ0) is 15.1. The van der Waals surface area contributed by atoms with Gasteiger partial charge in [-0.1, -0.05) is 37.3 Å². The van der Waals surface area contributed by atoms with E-state index in [4.69, 9.17) is 11.5 Å². The van der Waals surface area contributed by atoms with Crippen LogP contribution in [0.5, 0.6) is 0 Å². The molecule has 0 aliphatic rings. The molecule has 0 bridgehead atoms. The minimum atomic E-state index is -1.25. The molecule has 2 N–H and O–H groups in total. The molecule has 20 heavy (non-hydrogen) atoms. The Labute approximate surface area is 117 Å². The predicted molar refractivity (Wildman–Crippen MR) is 78.1 cm³/mol. The van der Waals surface area contributed by atoms with Crippen LogP contribution in [0.2, 0.25) is 0 Å². The Balaban J connectivity index is 3.11. The van der Waals surface area contributed by atoms with Crippen molar-refractivity contribution >= 4 is 17.6 Å². The first-order valence-electron chi connectivity index (χ1n) is 5.64. The summed E-state index contributed by atoms with van der Waals surface area (Å²) in [5.41, 5.74) is 0.789. The lowest BCUT2D eigenvalue weighted by atomic mass is 10.1. The maximum absolute atomic E-state index is 12.0. The summed E-state index contributed by atoms with van der Waals surface area (Å²) in [6.07, 6.45) is 7.53. The molecule has 0 spiro atoms. The summed E-state index contributed by atoms with van der Waals surface area (Å²) in [6.45, 7) is 6.82. The van der Waals surface area contributed by atoms with Crippen LogP contribution in [0, 0.1) is 12.3 Å². The summed E-state index contributed by atoms with van der Waals surface area (Å²) in [5.74, 6) is 0.603. The number of rotatable bonds is 5. The molecule has 1 aromatic carbocycles. The van der Waals surface area contributed by atoms with Crippen molar-refractivity contribution in [2.45, 2.75) is 0 Å². The van der Waals surface area contributed by atoms with Crippen LogP contribution in [0.25, 0.3) is 0 Å². The lowest BCUT2D eigenvalue weighted by Crippen LogP contribution is -2.17. The maximum Gasteiger partial charge on any atom is 0.336 e. The second kappa shape index (κ2) is 6.76. The van der Waals surface area contributed by atoms with Crippen LogP contribution in [0.3, 0.4) is 0 Å². The lowest BCUT2D eigenvalue weighted by Gasteiger charge is -2.08. The van der Waals surface area contributed by atoms with E-state index in [1.54, 1.807) is 24.3 Å². The molecule has 4 nitrogen and oxygen atoms in total. The lowest BCUT2D eigenvalue weighted by molar-refractivity contribution is -0.132. The van der Waals surface area contributed by atoms with Crippen molar-refractivity contribution in [1.29, 1.82) is 0 Å². The van der Waals surface area contributed by atoms with Crippen LogP contribution in [0.1, 0.15) is 5.56 Å². The van der Waals surface area contributed by atoms with Gasteiger partial charge in [-0.15, -0.1) is 6.42 Å². The second-order valence-electron chi connectivity index (χ2n) is 3.72. The molecule has 0 aliphatic heterocycles. The molecule has 0 fully saturated rings. The van der Waals surface area contributed by atoms with Crippen LogP contribution in [-0.4, -0.2) is 17.0 Å². The van der Waals surface area contributed by atoms with E-state index in [0.717, 1.165) is 6.08 Å². The molecule has 0 saturated carbocycles. The third kappa shape index (κ3) is 3.47. The zero-order valence-electron chi connectivity index (χ0n) is 10.7. The maximum atomic E-state index is 12.0. The van der Waals surface area contributed by atoms with Crippen molar-refractivity contribution in [2.24, 2.45) is 0 Å². The molecule has 0 heterocycles. The number of nitrogens with one attached hydrogen (secondary N) is 1. The fourth-order valence-corrected chi connectivity index (χ4v) is 1.52. The van der Waals surface area contributed by atoms with Crippen LogP contribution in [-0.2, 0) is 9.59 Å². The normalized spacial score (nSPS) is 10.8. The quantitative estimate of drug-likeness (QED) is 0.489. The first-order valence-corrected chi connectivity index (χ1v) is 5.64. The Bertz CT molecular complexity index is 648. The summed E-state index contributed by atoms with van der Waals surface area (Å²) in [4.78, 5) is 23.0. The summed E-state index contributed by atoms with van der Waals surface area (Å²) >= 11 is 0. The number of carboxylic acids is 1. The highest BCUT2D eigenvalue weighted by Gasteiger charge is 2.15. The number of carbonyl (C=O) groups is 2. The van der Waals surface area contributed by atoms with Gasteiger partial charge in [-0.2, -0.15) is 0 Å². The third-order valence-electron chi connectivity index (χ3n) is 2.46. The van der Waals surface area contributed by atoms with Gasteiger partial charge in [0.05, 0.1) is 11.1 Å². The molecule has 100 valence electrons. The standard InChI is InChI=1S/C16H13NO3/c1-4-11-8-7-9-12(10-11)17-15(18)13(5-2)14(6-3)16(19)20/h1,5-10H,2-3H2,(H,17,18)(H,19,20)/b14-13-. The van der Waals surface area contributed by atoms with Crippen molar-refractivity contribution in [3.63, 3.8) is 0 Å². The SMILES string of the molecule is C#Cc1cccc(NC(=O)/C(C=C)=C(/C=C)C(=O)O)c1. The van der Waals surface area contributed by atoms with E-state index in [9.17, 15) is 9.59 Å². The minimum Gasteiger partial charge on any atom is -0.478 e. The smallest absolute Gasteiger partial charge is 0.336 e. The first kappa shape index (κ1) is 15.0. The highest BCUT2D eigenvalue weighted by molar-refractivity contribution is 6.11. The highest BCUT2D eigenvalue weighted by atomic mass is 16.4. The molecule has 1 rings (SSSR count). The number of hydrogen-bond acceptors (Lipinski definition) is 2. The zero-order valence-corrected chi connectivity index (χ0v) is 10.7. The molecule has 0 aliphatic carbocycles. The first-order chi connectivity index (χ1) is 9.53. The van der Waals surface area contributed by atoms with E-state index in [2.05, 4.69) is 24.4 Å². The van der Waals surface area contributed by atoms with Crippen molar-refractivity contribution in [3.05, 3.63) is 66.3 Å². The molecule has 0 radical (unpaired) electrons. The van der Waals surface area contributed by atoms with Gasteiger partial charge in [0.1, 0.15) is 0 Å². The van der Waals surface area contributed by atoms with Crippen LogP contribution in [0.15, 0.2) is 60.7 Å². The van der Waals surface area contributed by atoms with E-state index in [1.807, 2.05) is 0 Å². The van der Waals surface area contributed by atoms with Gasteiger partial charge in [-0.25, -0.2) is 4.79 Å². The fourth-order valence-electron chi connectivity index (χ4n) is 1.52. The van der Waals surface area contributed by atoms with Gasteiger partial charge in [-0.05, 0) is 18.2 Å². The van der Waals surface area contributed by atoms with Crippen LogP contribution >= 0.6 is 0 Å². The summed E-state index contributed by atoms with van der Waals surface area (Å²) in [7, 11) is 0. The van der Waals surface area contributed by atoms with Crippen LogP contribution < -0.4 is 5.32 Å². The number of amides is 1. The predicted octanol–water partition coefficient (Wildman–Crippen LogP) is 2.36. The van der Waals surface area contributed by atoms with Gasteiger partial charge in [-0.3, -0.25) is 4.79 Å². The molecular weight excluding hydrogens is 254 g/mol. The summed E-state index contributed by atoms with van der Waals surface area (Å²) < 4.78 is 0. The Morgan fingerprint density at radius 1 is 1.25 bits per heavy atom. The number of terminal acetylenes is 1. The van der Waals surface area contributed by atoms with E-state index in [0.29, 0.717) is 11.3 Å². The highest BCUT2D eigenvalue weighted by Crippen LogP contribution is 2.14. The number of benzene rings is 1. The van der Waals surface area contributed by atoms with E-state index in [1.165, 1.54) is 6.08 Å². The van der Waals surface area contributed by atoms with Gasteiger partial charge in [0, 0.05) is 11.3 Å². The summed E-state index contributed by atoms with van der Waals surface area (Å²) in [6, 6.07) is 6.65. The Hall–Kier alpha value is -3.06. The molecule has 1 amide bonds. The van der Waals surface area contributed by atoms with E-state index in [-0.39, 0.29) is 11.1 Å². The van der Waals surface area contributed by atoms with Crippen molar-refractivity contribution in [1.82, 2.24) is 0 Å². The van der Waals surface area contributed by atoms with E-state index >= 15 is 0 Å². The largest absolute Gasteiger partial charge is 0.478 e. The molecule has 0 saturated heterocycles. The van der Waals surface area contributed by atoms with Crippen LogP contribution in [0.4, 0.5) is 5.69 Å². The number of carbonyl (C=O) groups excluding carboxylic acids is 1. The monoisotopic (exact) mass is 267 g/mol. The molecule has 4 heteroatoms. The fraction of sp³-hybridized carbons (Fsp3) is 0. The van der Waals surface area contributed by atoms with Gasteiger partial charge in [0.2, 0.25) is 0 Å². The van der Waals surface area contributed by atoms with Gasteiger partial charge in [0.25, 0.3) is 5.91 Å². The van der Waals surface area contributed by atoms with Gasteiger partial charge >= 0.3 is 5.97 Å². The second-order valence-corrected chi connectivity index (χ2v) is 3.72. The molecule has 0 unspecified atom stereocenters. The summed E-state index contributed by atoms with van der Waals surface area (Å²) in [5, 5.41) is 11.6. The van der Waals surface area contributed by atoms with Gasteiger partial charge in [0.15, 0.2) is 0 Å². The molecule has 0 aromatic heterocycles. The van der Waals surface area contributed by atoms with Crippen molar-refractivity contribution < 1.29 is 14.7 Å². The van der Waals surface area contributed by atoms with Gasteiger partial charge < -0.3 is 10.4 Å². The average molecular weight is 267 g/mol. The average Bonchev–Trinajstić information content (AvgIpc) is 2.44. The topological polar surface area (TPSA) is 66.4 Å². The third-order valence-corrected chi connectivity index (χ3v) is 2.46. The Morgan fingerprint density at radius 3 is 2.40 bits per heavy atom. The minimum absolute atomic E-state index is 0.0707.